The van der Waals surface area contributed by atoms with Crippen LogP contribution < -0.4 is 10.6 Å². The van der Waals surface area contributed by atoms with Crippen molar-refractivity contribution in [1.29, 1.82) is 0 Å². The summed E-state index contributed by atoms with van der Waals surface area (Å²) in [5.74, 6) is 0.476. The lowest BCUT2D eigenvalue weighted by Crippen LogP contribution is -2.53. The third kappa shape index (κ3) is 4.75. The molecule has 0 saturated carbocycles. The highest BCUT2D eigenvalue weighted by Crippen LogP contribution is 2.30. The third-order valence-corrected chi connectivity index (χ3v) is 5.39. The van der Waals surface area contributed by atoms with Crippen LogP contribution in [0.4, 0.5) is 4.79 Å². The summed E-state index contributed by atoms with van der Waals surface area (Å²) < 4.78 is 0. The predicted molar refractivity (Wildman–Crippen MR) is 102 cm³/mol. The molecule has 1 aromatic rings. The molecule has 1 aromatic carbocycles. The Labute approximate surface area is 155 Å². The van der Waals surface area contributed by atoms with Gasteiger partial charge in [-0.25, -0.2) is 4.79 Å². The van der Waals surface area contributed by atoms with Gasteiger partial charge in [0.25, 0.3) is 0 Å². The van der Waals surface area contributed by atoms with Gasteiger partial charge in [0.15, 0.2) is 0 Å². The van der Waals surface area contributed by atoms with Crippen molar-refractivity contribution < 1.29 is 9.59 Å². The molecule has 0 bridgehead atoms. The summed E-state index contributed by atoms with van der Waals surface area (Å²) in [6, 6.07) is 8.61. The number of carbonyl (C=O) groups excluding carboxylic acids is 2. The molecule has 0 spiro atoms. The van der Waals surface area contributed by atoms with Crippen LogP contribution in [-0.2, 0) is 11.2 Å². The molecule has 3 amide bonds. The van der Waals surface area contributed by atoms with E-state index < -0.39 is 0 Å². The first-order valence-corrected chi connectivity index (χ1v) is 9.77. The first kappa shape index (κ1) is 18.7. The molecule has 1 aliphatic heterocycles. The van der Waals surface area contributed by atoms with Crippen LogP contribution in [0.2, 0.25) is 0 Å². The van der Waals surface area contributed by atoms with E-state index in [1.807, 2.05) is 11.8 Å². The molecule has 1 atom stereocenters. The molecule has 6 heteroatoms. The fourth-order valence-corrected chi connectivity index (χ4v) is 3.95. The number of benzene rings is 1. The molecule has 2 aliphatic rings. The minimum Gasteiger partial charge on any atom is -0.355 e. The zero-order chi connectivity index (χ0) is 18.4. The van der Waals surface area contributed by atoms with E-state index in [4.69, 9.17) is 0 Å². The van der Waals surface area contributed by atoms with Crippen molar-refractivity contribution in [2.75, 3.05) is 45.8 Å². The summed E-state index contributed by atoms with van der Waals surface area (Å²) in [5, 5.41) is 5.95. The number of fused-ring (bicyclic) bond motifs is 1. The molecule has 2 N–H and O–H groups in total. The Bertz CT molecular complexity index is 626. The summed E-state index contributed by atoms with van der Waals surface area (Å²) in [6.07, 6.45) is 3.47. The van der Waals surface area contributed by atoms with E-state index >= 15 is 0 Å². The molecule has 1 unspecified atom stereocenters. The van der Waals surface area contributed by atoms with Gasteiger partial charge in [-0.15, -0.1) is 0 Å². The summed E-state index contributed by atoms with van der Waals surface area (Å²) in [4.78, 5) is 28.1. The average molecular weight is 358 g/mol. The maximum absolute atomic E-state index is 12.5. The van der Waals surface area contributed by atoms with Crippen molar-refractivity contribution >= 4 is 11.9 Å². The van der Waals surface area contributed by atoms with Crippen molar-refractivity contribution in [3.8, 4) is 0 Å². The number of aryl methyl sites for hydroxylation is 1. The van der Waals surface area contributed by atoms with Crippen molar-refractivity contribution in [3.05, 3.63) is 35.4 Å². The van der Waals surface area contributed by atoms with Crippen LogP contribution >= 0.6 is 0 Å². The molecule has 26 heavy (non-hydrogen) atoms. The third-order valence-electron chi connectivity index (χ3n) is 5.39. The second kappa shape index (κ2) is 9.03. The fraction of sp³-hybridized carbons (Fsp3) is 0.600. The SMILES string of the molecule is CCNC(=O)CN1CCN(C(=O)NCC2CCCc3ccccc32)CC1. The molecule has 1 heterocycles. The molecule has 6 nitrogen and oxygen atoms in total. The quantitative estimate of drug-likeness (QED) is 0.840. The molecule has 3 rings (SSSR count). The number of urea groups is 1. The van der Waals surface area contributed by atoms with Crippen LogP contribution in [0.3, 0.4) is 0 Å². The van der Waals surface area contributed by atoms with Crippen molar-refractivity contribution in [2.24, 2.45) is 0 Å². The predicted octanol–water partition coefficient (Wildman–Crippen LogP) is 1.57. The van der Waals surface area contributed by atoms with E-state index in [-0.39, 0.29) is 11.9 Å². The van der Waals surface area contributed by atoms with Gasteiger partial charge in [0.05, 0.1) is 6.54 Å². The maximum Gasteiger partial charge on any atom is 0.317 e. The minimum absolute atomic E-state index is 0.0192. The molecule has 1 saturated heterocycles. The first-order chi connectivity index (χ1) is 12.7. The monoisotopic (exact) mass is 358 g/mol. The second-order valence-electron chi connectivity index (χ2n) is 7.19. The highest BCUT2D eigenvalue weighted by Gasteiger charge is 2.24. The van der Waals surface area contributed by atoms with E-state index in [2.05, 4.69) is 39.8 Å². The number of hydrogen-bond acceptors (Lipinski definition) is 3. The average Bonchev–Trinajstić information content (AvgIpc) is 2.67. The van der Waals surface area contributed by atoms with Gasteiger partial charge in [0.2, 0.25) is 5.91 Å². The van der Waals surface area contributed by atoms with Crippen LogP contribution in [0.5, 0.6) is 0 Å². The summed E-state index contributed by atoms with van der Waals surface area (Å²) in [7, 11) is 0. The largest absolute Gasteiger partial charge is 0.355 e. The standard InChI is InChI=1S/C20H30N4O2/c1-2-21-19(25)15-23-10-12-24(13-11-23)20(26)22-14-17-8-5-7-16-6-3-4-9-18(16)17/h3-4,6,9,17H,2,5,7-8,10-15H2,1H3,(H,21,25)(H,22,26). The molecular formula is C20H30N4O2. The molecular weight excluding hydrogens is 328 g/mol. The van der Waals surface area contributed by atoms with Gasteiger partial charge < -0.3 is 15.5 Å². The van der Waals surface area contributed by atoms with E-state index in [1.165, 1.54) is 17.5 Å². The Kier molecular flexibility index (Phi) is 6.50. The van der Waals surface area contributed by atoms with Gasteiger partial charge in [0.1, 0.15) is 0 Å². The lowest BCUT2D eigenvalue weighted by molar-refractivity contribution is -0.122. The van der Waals surface area contributed by atoms with Crippen molar-refractivity contribution in [2.45, 2.75) is 32.1 Å². The van der Waals surface area contributed by atoms with E-state index in [1.54, 1.807) is 0 Å². The zero-order valence-corrected chi connectivity index (χ0v) is 15.7. The summed E-state index contributed by atoms with van der Waals surface area (Å²) >= 11 is 0. The number of piperazine rings is 1. The maximum atomic E-state index is 12.5. The Morgan fingerprint density at radius 1 is 1.12 bits per heavy atom. The Hall–Kier alpha value is -2.08. The molecule has 142 valence electrons. The second-order valence-corrected chi connectivity index (χ2v) is 7.19. The van der Waals surface area contributed by atoms with Crippen molar-refractivity contribution in [1.82, 2.24) is 20.4 Å². The highest BCUT2D eigenvalue weighted by molar-refractivity contribution is 5.78. The number of carbonyl (C=O) groups is 2. The van der Waals surface area contributed by atoms with Gasteiger partial charge in [-0.05, 0) is 37.3 Å². The van der Waals surface area contributed by atoms with Crippen LogP contribution in [0.15, 0.2) is 24.3 Å². The van der Waals surface area contributed by atoms with Gasteiger partial charge in [-0.2, -0.15) is 0 Å². The van der Waals surface area contributed by atoms with Crippen LogP contribution in [0.1, 0.15) is 36.8 Å². The first-order valence-electron chi connectivity index (χ1n) is 9.77. The fourth-order valence-electron chi connectivity index (χ4n) is 3.95. The lowest BCUT2D eigenvalue weighted by Gasteiger charge is -2.35. The molecule has 0 aromatic heterocycles. The molecule has 1 aliphatic carbocycles. The number of amides is 3. The number of nitrogens with zero attached hydrogens (tertiary/aromatic N) is 2. The number of nitrogens with one attached hydrogen (secondary N) is 2. The number of hydrogen-bond donors (Lipinski definition) is 2. The number of rotatable bonds is 5. The van der Waals surface area contributed by atoms with Crippen LogP contribution in [0.25, 0.3) is 0 Å². The van der Waals surface area contributed by atoms with Gasteiger partial charge >= 0.3 is 6.03 Å². The zero-order valence-electron chi connectivity index (χ0n) is 15.7. The van der Waals surface area contributed by atoms with Gasteiger partial charge in [0, 0.05) is 45.2 Å². The van der Waals surface area contributed by atoms with Crippen molar-refractivity contribution in [3.63, 3.8) is 0 Å². The van der Waals surface area contributed by atoms with Gasteiger partial charge in [-0.1, -0.05) is 24.3 Å². The van der Waals surface area contributed by atoms with Crippen LogP contribution in [0, 0.1) is 0 Å². The topological polar surface area (TPSA) is 64.7 Å². The summed E-state index contributed by atoms with van der Waals surface area (Å²) in [6.45, 7) is 6.54. The Morgan fingerprint density at radius 3 is 2.65 bits per heavy atom. The Balaban J connectivity index is 1.43. The smallest absolute Gasteiger partial charge is 0.317 e. The van der Waals surface area contributed by atoms with E-state index in [0.29, 0.717) is 38.6 Å². The number of likely N-dealkylation sites (N-methyl/N-ethyl adjacent to an activating group) is 1. The molecule has 1 fully saturated rings. The minimum atomic E-state index is 0.0192. The highest BCUT2D eigenvalue weighted by atomic mass is 16.2. The Morgan fingerprint density at radius 2 is 1.88 bits per heavy atom. The van der Waals surface area contributed by atoms with Crippen LogP contribution in [-0.4, -0.2) is 67.6 Å². The lowest BCUT2D eigenvalue weighted by atomic mass is 9.83. The van der Waals surface area contributed by atoms with E-state index in [9.17, 15) is 9.59 Å². The van der Waals surface area contributed by atoms with Gasteiger partial charge in [-0.3, -0.25) is 9.69 Å². The molecule has 0 radical (unpaired) electrons. The normalized spacial score (nSPS) is 20.3. The summed E-state index contributed by atoms with van der Waals surface area (Å²) in [5.41, 5.74) is 2.82. The van der Waals surface area contributed by atoms with E-state index in [0.717, 1.165) is 25.9 Å².